The number of nitrogens with one attached hydrogen (secondary N) is 4. The van der Waals surface area contributed by atoms with Crippen molar-refractivity contribution < 1.29 is 47.8 Å². The van der Waals surface area contributed by atoms with Gasteiger partial charge in [0.2, 0.25) is 17.7 Å². The molecule has 0 saturated carbocycles. The van der Waals surface area contributed by atoms with Gasteiger partial charge in [-0.1, -0.05) is 12.1 Å². The number of urea groups is 1. The van der Waals surface area contributed by atoms with Gasteiger partial charge in [0.1, 0.15) is 24.4 Å². The minimum absolute atomic E-state index is 0.0338. The summed E-state index contributed by atoms with van der Waals surface area (Å²) in [5.41, 5.74) is 5.88. The van der Waals surface area contributed by atoms with Crippen LogP contribution in [0.25, 0.3) is 0 Å². The Morgan fingerprint density at radius 1 is 0.935 bits per heavy atom. The van der Waals surface area contributed by atoms with Crippen LogP contribution in [0.1, 0.15) is 31.7 Å². The number of methoxy groups -OCH3 is 1. The minimum atomic E-state index is -1.02. The number of hydrogen-bond donors (Lipinski definition) is 5. The standard InChI is InChI=1S/C29H38N6O11/c1-19(32-25(36)13-15-44-17-16-43-2)26(37)34-24(4-3-14-31-28(30)39)27(38)33-21-7-5-20(6-8-21)18-45-29(40)46-23-11-9-22(10-12-23)35(41)42/h5-12,19,24H,3-4,13-18H2,1-2H3,(H,32,36)(H,33,38)(H,34,37)(H3,30,31,39). The Morgan fingerprint density at radius 3 is 2.26 bits per heavy atom. The number of nitrogens with zero attached hydrogens (tertiary/aromatic N) is 1. The summed E-state index contributed by atoms with van der Waals surface area (Å²) in [7, 11) is 1.53. The molecule has 2 rings (SSSR count). The first kappa shape index (κ1) is 36.9. The Labute approximate surface area is 264 Å². The van der Waals surface area contributed by atoms with Crippen LogP contribution in [-0.2, 0) is 35.2 Å². The van der Waals surface area contributed by atoms with Gasteiger partial charge in [0.05, 0.1) is 24.7 Å². The zero-order chi connectivity index (χ0) is 33.9. The lowest BCUT2D eigenvalue weighted by atomic mass is 10.1. The van der Waals surface area contributed by atoms with E-state index >= 15 is 0 Å². The maximum absolute atomic E-state index is 13.1. The largest absolute Gasteiger partial charge is 0.514 e. The Bertz CT molecular complexity index is 1320. The lowest BCUT2D eigenvalue weighted by Gasteiger charge is -2.21. The lowest BCUT2D eigenvalue weighted by Crippen LogP contribution is -2.51. The molecule has 0 saturated heterocycles. The number of carbonyl (C=O) groups excluding carboxylic acids is 5. The number of non-ortho nitro benzene ring substituents is 1. The normalized spacial score (nSPS) is 11.8. The summed E-state index contributed by atoms with van der Waals surface area (Å²) in [5.74, 6) is -1.48. The Hall–Kier alpha value is -5.29. The molecule has 0 aromatic heterocycles. The first-order chi connectivity index (χ1) is 22.0. The third kappa shape index (κ3) is 14.5. The average Bonchev–Trinajstić information content (AvgIpc) is 3.02. The molecule has 5 amide bonds. The van der Waals surface area contributed by atoms with Crippen LogP contribution in [0.4, 0.5) is 21.0 Å². The topological polar surface area (TPSA) is 240 Å². The quantitative estimate of drug-likeness (QED) is 0.0484. The second-order valence-electron chi connectivity index (χ2n) is 9.72. The second-order valence-corrected chi connectivity index (χ2v) is 9.72. The summed E-state index contributed by atoms with van der Waals surface area (Å²) in [6.45, 7) is 2.37. The van der Waals surface area contributed by atoms with Crippen LogP contribution in [0, 0.1) is 10.1 Å². The summed E-state index contributed by atoms with van der Waals surface area (Å²) in [5, 5.41) is 21.0. The highest BCUT2D eigenvalue weighted by Gasteiger charge is 2.24. The molecule has 250 valence electrons. The van der Waals surface area contributed by atoms with E-state index in [1.54, 1.807) is 24.3 Å². The second kappa shape index (κ2) is 19.9. The monoisotopic (exact) mass is 646 g/mol. The van der Waals surface area contributed by atoms with E-state index in [2.05, 4.69) is 21.3 Å². The Kier molecular flexibility index (Phi) is 15.9. The van der Waals surface area contributed by atoms with Crippen molar-refractivity contribution in [3.05, 3.63) is 64.2 Å². The summed E-state index contributed by atoms with van der Waals surface area (Å²) >= 11 is 0. The molecule has 2 aromatic rings. The molecule has 2 unspecified atom stereocenters. The number of nitro groups is 1. The molecular weight excluding hydrogens is 608 g/mol. The van der Waals surface area contributed by atoms with Gasteiger partial charge in [-0.2, -0.15) is 0 Å². The molecule has 0 aliphatic carbocycles. The first-order valence-electron chi connectivity index (χ1n) is 14.2. The van der Waals surface area contributed by atoms with Crippen LogP contribution in [0.15, 0.2) is 48.5 Å². The van der Waals surface area contributed by atoms with E-state index in [1.165, 1.54) is 38.3 Å². The van der Waals surface area contributed by atoms with Crippen LogP contribution in [0.3, 0.4) is 0 Å². The first-order valence-corrected chi connectivity index (χ1v) is 14.2. The van der Waals surface area contributed by atoms with Crippen molar-refractivity contribution in [1.82, 2.24) is 16.0 Å². The maximum Gasteiger partial charge on any atom is 0.514 e. The number of amides is 5. The predicted molar refractivity (Wildman–Crippen MR) is 163 cm³/mol. The van der Waals surface area contributed by atoms with Gasteiger partial charge in [-0.15, -0.1) is 0 Å². The smallest absolute Gasteiger partial charge is 0.429 e. The Morgan fingerprint density at radius 2 is 1.63 bits per heavy atom. The van der Waals surface area contributed by atoms with E-state index in [1.807, 2.05) is 0 Å². The van der Waals surface area contributed by atoms with Crippen molar-refractivity contribution in [3.8, 4) is 5.75 Å². The molecule has 2 aromatic carbocycles. The molecule has 46 heavy (non-hydrogen) atoms. The Balaban J connectivity index is 1.90. The van der Waals surface area contributed by atoms with E-state index < -0.39 is 46.9 Å². The number of rotatable bonds is 19. The molecule has 17 nitrogen and oxygen atoms in total. The van der Waals surface area contributed by atoms with Gasteiger partial charge >= 0.3 is 12.2 Å². The van der Waals surface area contributed by atoms with Gasteiger partial charge in [0, 0.05) is 37.9 Å². The van der Waals surface area contributed by atoms with Gasteiger partial charge in [-0.05, 0) is 49.6 Å². The van der Waals surface area contributed by atoms with Crippen molar-refractivity contribution in [3.63, 3.8) is 0 Å². The zero-order valence-electron chi connectivity index (χ0n) is 25.4. The number of anilines is 1. The molecule has 0 bridgehead atoms. The van der Waals surface area contributed by atoms with Crippen LogP contribution >= 0.6 is 0 Å². The third-order valence-corrected chi connectivity index (χ3v) is 6.10. The number of benzene rings is 2. The molecule has 0 spiro atoms. The minimum Gasteiger partial charge on any atom is -0.429 e. The number of ether oxygens (including phenoxy) is 4. The van der Waals surface area contributed by atoms with Crippen LogP contribution < -0.4 is 31.7 Å². The fourth-order valence-electron chi connectivity index (χ4n) is 3.69. The lowest BCUT2D eigenvalue weighted by molar-refractivity contribution is -0.384. The molecule has 0 aliphatic rings. The summed E-state index contributed by atoms with van der Waals surface area (Å²) in [6.07, 6.45) is -0.523. The van der Waals surface area contributed by atoms with Gasteiger partial charge < -0.3 is 45.9 Å². The number of carbonyl (C=O) groups is 5. The highest BCUT2D eigenvalue weighted by Crippen LogP contribution is 2.18. The number of nitrogens with two attached hydrogens (primary N) is 1. The van der Waals surface area contributed by atoms with Gasteiger partial charge in [-0.25, -0.2) is 9.59 Å². The number of nitro benzene ring substituents is 1. The van der Waals surface area contributed by atoms with Gasteiger partial charge in [-0.3, -0.25) is 24.5 Å². The summed E-state index contributed by atoms with van der Waals surface area (Å²) in [4.78, 5) is 71.2. The van der Waals surface area contributed by atoms with E-state index in [-0.39, 0.29) is 44.0 Å². The average molecular weight is 647 g/mol. The van der Waals surface area contributed by atoms with Gasteiger partial charge in [0.25, 0.3) is 5.69 Å². The highest BCUT2D eigenvalue weighted by atomic mass is 16.7. The van der Waals surface area contributed by atoms with Crippen molar-refractivity contribution >= 4 is 41.3 Å². The van der Waals surface area contributed by atoms with E-state index in [9.17, 15) is 34.1 Å². The van der Waals surface area contributed by atoms with E-state index in [0.717, 1.165) is 0 Å². The summed E-state index contributed by atoms with van der Waals surface area (Å²) < 4.78 is 20.2. The molecule has 0 heterocycles. The fourth-order valence-corrected chi connectivity index (χ4v) is 3.69. The third-order valence-electron chi connectivity index (χ3n) is 6.10. The van der Waals surface area contributed by atoms with Gasteiger partial charge in [0.15, 0.2) is 0 Å². The maximum atomic E-state index is 13.1. The molecule has 0 fully saturated rings. The van der Waals surface area contributed by atoms with Crippen LogP contribution in [0.2, 0.25) is 0 Å². The molecule has 0 aliphatic heterocycles. The molecule has 0 radical (unpaired) electrons. The predicted octanol–water partition coefficient (Wildman–Crippen LogP) is 1.74. The van der Waals surface area contributed by atoms with Crippen molar-refractivity contribution in [1.29, 1.82) is 0 Å². The number of primary amides is 1. The zero-order valence-corrected chi connectivity index (χ0v) is 25.4. The van der Waals surface area contributed by atoms with Crippen molar-refractivity contribution in [2.75, 3.05) is 38.8 Å². The highest BCUT2D eigenvalue weighted by molar-refractivity contribution is 5.98. The summed E-state index contributed by atoms with van der Waals surface area (Å²) in [6, 6.07) is 8.51. The van der Waals surface area contributed by atoms with E-state index in [4.69, 9.17) is 24.7 Å². The van der Waals surface area contributed by atoms with Crippen LogP contribution in [0.5, 0.6) is 5.75 Å². The van der Waals surface area contributed by atoms with Crippen molar-refractivity contribution in [2.24, 2.45) is 5.73 Å². The molecule has 2 atom stereocenters. The molecule has 17 heteroatoms. The number of hydrogen-bond acceptors (Lipinski definition) is 11. The molecular formula is C29H38N6O11. The molecule has 6 N–H and O–H groups in total. The fraction of sp³-hybridized carbons (Fsp3) is 0.414. The SMILES string of the molecule is COCCOCCC(=O)NC(C)C(=O)NC(CCCNC(N)=O)C(=O)Nc1ccc(COC(=O)Oc2ccc([N+](=O)[O-])cc2)cc1. The van der Waals surface area contributed by atoms with Crippen LogP contribution in [-0.4, -0.2) is 80.4 Å². The van der Waals surface area contributed by atoms with Crippen molar-refractivity contribution in [2.45, 2.75) is 44.9 Å². The van der Waals surface area contributed by atoms with E-state index in [0.29, 0.717) is 30.9 Å².